The van der Waals surface area contributed by atoms with Crippen LogP contribution in [-0.2, 0) is 0 Å². The van der Waals surface area contributed by atoms with Gasteiger partial charge in [-0.25, -0.2) is 9.97 Å². The molecule has 1 aromatic carbocycles. The number of halogens is 1. The van der Waals surface area contributed by atoms with Gasteiger partial charge in [-0.15, -0.1) is 0 Å². The van der Waals surface area contributed by atoms with Crippen molar-refractivity contribution in [3.63, 3.8) is 0 Å². The highest BCUT2D eigenvalue weighted by Gasteiger charge is 2.18. The number of phenols is 1. The fraction of sp³-hybridized carbons (Fsp3) is 0.389. The van der Waals surface area contributed by atoms with Crippen molar-refractivity contribution in [3.8, 4) is 5.75 Å². The average molecular weight is 376 g/mol. The third-order valence-corrected chi connectivity index (χ3v) is 4.58. The van der Waals surface area contributed by atoms with E-state index in [-0.39, 0.29) is 17.2 Å². The largest absolute Gasteiger partial charge is 0.507 e. The van der Waals surface area contributed by atoms with Gasteiger partial charge in [-0.1, -0.05) is 11.6 Å². The molecular weight excluding hydrogens is 354 g/mol. The summed E-state index contributed by atoms with van der Waals surface area (Å²) in [4.78, 5) is 25.2. The predicted octanol–water partition coefficient (Wildman–Crippen LogP) is 1.78. The third kappa shape index (κ3) is 4.83. The molecule has 0 bridgehead atoms. The van der Waals surface area contributed by atoms with Crippen molar-refractivity contribution in [2.45, 2.75) is 6.42 Å². The first-order chi connectivity index (χ1) is 12.6. The molecule has 1 aromatic heterocycles. The van der Waals surface area contributed by atoms with E-state index < -0.39 is 0 Å². The van der Waals surface area contributed by atoms with Crippen molar-refractivity contribution < 1.29 is 9.90 Å². The van der Waals surface area contributed by atoms with Gasteiger partial charge in [-0.2, -0.15) is 0 Å². The van der Waals surface area contributed by atoms with Crippen molar-refractivity contribution in [2.24, 2.45) is 0 Å². The maximum absolute atomic E-state index is 12.1. The SMILES string of the molecule is O=C(NCCCN1CCN(c2ncccn2)CC1)c1cc(Cl)ccc1O. The summed E-state index contributed by atoms with van der Waals surface area (Å²) < 4.78 is 0. The Bertz CT molecular complexity index is 736. The Balaban J connectivity index is 1.37. The molecule has 0 atom stereocenters. The van der Waals surface area contributed by atoms with E-state index in [0.29, 0.717) is 11.6 Å². The number of carbonyl (C=O) groups excluding carboxylic acids is 1. The lowest BCUT2D eigenvalue weighted by Crippen LogP contribution is -2.47. The second-order valence-electron chi connectivity index (χ2n) is 6.15. The Morgan fingerprint density at radius 3 is 2.65 bits per heavy atom. The first kappa shape index (κ1) is 18.4. The highest BCUT2D eigenvalue weighted by Crippen LogP contribution is 2.21. The van der Waals surface area contributed by atoms with Gasteiger partial charge in [-0.05, 0) is 37.2 Å². The highest BCUT2D eigenvalue weighted by atomic mass is 35.5. The lowest BCUT2D eigenvalue weighted by Gasteiger charge is -2.34. The molecule has 0 aliphatic carbocycles. The van der Waals surface area contributed by atoms with E-state index in [1.807, 2.05) is 6.07 Å². The zero-order valence-electron chi connectivity index (χ0n) is 14.4. The van der Waals surface area contributed by atoms with E-state index in [0.717, 1.165) is 45.1 Å². The summed E-state index contributed by atoms with van der Waals surface area (Å²) in [6, 6.07) is 6.26. The summed E-state index contributed by atoms with van der Waals surface area (Å²) >= 11 is 5.87. The normalized spacial score (nSPS) is 15.0. The summed E-state index contributed by atoms with van der Waals surface area (Å²) in [6.07, 6.45) is 4.36. The van der Waals surface area contributed by atoms with E-state index >= 15 is 0 Å². The minimum absolute atomic E-state index is 0.0637. The van der Waals surface area contributed by atoms with Crippen LogP contribution in [0, 0.1) is 0 Å². The topological polar surface area (TPSA) is 81.6 Å². The van der Waals surface area contributed by atoms with Gasteiger partial charge in [0.15, 0.2) is 0 Å². The lowest BCUT2D eigenvalue weighted by molar-refractivity contribution is 0.0949. The molecule has 1 aliphatic heterocycles. The molecule has 0 radical (unpaired) electrons. The number of carbonyl (C=O) groups is 1. The number of nitrogens with zero attached hydrogens (tertiary/aromatic N) is 4. The monoisotopic (exact) mass is 375 g/mol. The molecule has 2 aromatic rings. The van der Waals surface area contributed by atoms with E-state index in [2.05, 4.69) is 25.1 Å². The number of rotatable bonds is 6. The maximum atomic E-state index is 12.1. The molecule has 1 amide bonds. The van der Waals surface area contributed by atoms with Crippen LogP contribution in [0.2, 0.25) is 5.02 Å². The van der Waals surface area contributed by atoms with Crippen LogP contribution in [0.5, 0.6) is 5.75 Å². The second-order valence-corrected chi connectivity index (χ2v) is 6.58. The molecule has 2 N–H and O–H groups in total. The molecule has 3 rings (SSSR count). The van der Waals surface area contributed by atoms with Crippen molar-refractivity contribution >= 4 is 23.5 Å². The first-order valence-corrected chi connectivity index (χ1v) is 9.02. The second kappa shape index (κ2) is 8.82. The number of phenolic OH excluding ortho intramolecular Hbond substituents is 1. The summed E-state index contributed by atoms with van der Waals surface area (Å²) in [5.41, 5.74) is 0.203. The van der Waals surface area contributed by atoms with Crippen LogP contribution < -0.4 is 10.2 Å². The Morgan fingerprint density at radius 1 is 1.19 bits per heavy atom. The molecule has 8 heteroatoms. The van der Waals surface area contributed by atoms with Crippen molar-refractivity contribution in [1.29, 1.82) is 0 Å². The smallest absolute Gasteiger partial charge is 0.255 e. The Kier molecular flexibility index (Phi) is 6.25. The zero-order chi connectivity index (χ0) is 18.4. The highest BCUT2D eigenvalue weighted by molar-refractivity contribution is 6.31. The summed E-state index contributed by atoms with van der Waals surface area (Å²) in [5.74, 6) is 0.406. The molecule has 1 fully saturated rings. The molecule has 1 saturated heterocycles. The minimum atomic E-state index is -0.309. The van der Waals surface area contributed by atoms with Gasteiger partial charge in [-0.3, -0.25) is 9.69 Å². The van der Waals surface area contributed by atoms with Crippen LogP contribution >= 0.6 is 11.6 Å². The molecule has 0 saturated carbocycles. The van der Waals surface area contributed by atoms with Crippen molar-refractivity contribution in [3.05, 3.63) is 47.2 Å². The average Bonchev–Trinajstić information content (AvgIpc) is 2.68. The van der Waals surface area contributed by atoms with E-state index in [1.165, 1.54) is 12.1 Å². The number of amides is 1. The fourth-order valence-electron chi connectivity index (χ4n) is 2.92. The quantitative estimate of drug-likeness (QED) is 0.749. The molecule has 2 heterocycles. The van der Waals surface area contributed by atoms with Gasteiger partial charge < -0.3 is 15.3 Å². The van der Waals surface area contributed by atoms with E-state index in [4.69, 9.17) is 11.6 Å². The lowest BCUT2D eigenvalue weighted by atomic mass is 10.2. The van der Waals surface area contributed by atoms with Crippen LogP contribution in [0.25, 0.3) is 0 Å². The molecule has 0 unspecified atom stereocenters. The number of benzene rings is 1. The van der Waals surface area contributed by atoms with Gasteiger partial charge in [0, 0.05) is 50.1 Å². The summed E-state index contributed by atoms with van der Waals surface area (Å²) in [6.45, 7) is 5.14. The number of hydrogen-bond donors (Lipinski definition) is 2. The Hall–Kier alpha value is -2.38. The van der Waals surface area contributed by atoms with Crippen LogP contribution in [0.1, 0.15) is 16.8 Å². The van der Waals surface area contributed by atoms with Crippen molar-refractivity contribution in [2.75, 3.05) is 44.2 Å². The standard InChI is InChI=1S/C18H22ClN5O2/c19-14-3-4-16(25)15(13-14)17(26)20-7-2-8-23-9-11-24(12-10-23)18-21-5-1-6-22-18/h1,3-6,13,25H,2,7-12H2,(H,20,26). The van der Waals surface area contributed by atoms with Crippen LogP contribution in [-0.4, -0.2) is 65.2 Å². The fourth-order valence-corrected chi connectivity index (χ4v) is 3.09. The first-order valence-electron chi connectivity index (χ1n) is 8.64. The van der Waals surface area contributed by atoms with Crippen LogP contribution in [0.15, 0.2) is 36.7 Å². The van der Waals surface area contributed by atoms with E-state index in [9.17, 15) is 9.90 Å². The molecule has 138 valence electrons. The number of aromatic hydroxyl groups is 1. The van der Waals surface area contributed by atoms with E-state index in [1.54, 1.807) is 18.5 Å². The number of anilines is 1. The molecule has 7 nitrogen and oxygen atoms in total. The van der Waals surface area contributed by atoms with Gasteiger partial charge in [0.1, 0.15) is 5.75 Å². The number of aromatic nitrogens is 2. The third-order valence-electron chi connectivity index (χ3n) is 4.35. The maximum Gasteiger partial charge on any atom is 0.255 e. The van der Waals surface area contributed by atoms with Gasteiger partial charge in [0.25, 0.3) is 5.91 Å². The molecule has 0 spiro atoms. The number of piperazine rings is 1. The molecule has 26 heavy (non-hydrogen) atoms. The molecule has 1 aliphatic rings. The van der Waals surface area contributed by atoms with Gasteiger partial charge >= 0.3 is 0 Å². The minimum Gasteiger partial charge on any atom is -0.507 e. The van der Waals surface area contributed by atoms with Gasteiger partial charge in [0.05, 0.1) is 5.56 Å². The van der Waals surface area contributed by atoms with Crippen LogP contribution in [0.4, 0.5) is 5.95 Å². The van der Waals surface area contributed by atoms with Gasteiger partial charge in [0.2, 0.25) is 5.95 Å². The number of nitrogens with one attached hydrogen (secondary N) is 1. The Labute approximate surface area is 157 Å². The molecular formula is C18H22ClN5O2. The Morgan fingerprint density at radius 2 is 1.92 bits per heavy atom. The zero-order valence-corrected chi connectivity index (χ0v) is 15.2. The van der Waals surface area contributed by atoms with Crippen LogP contribution in [0.3, 0.4) is 0 Å². The predicted molar refractivity (Wildman–Crippen MR) is 101 cm³/mol. The summed E-state index contributed by atoms with van der Waals surface area (Å²) in [7, 11) is 0. The number of hydrogen-bond acceptors (Lipinski definition) is 6. The summed E-state index contributed by atoms with van der Waals surface area (Å²) in [5, 5.41) is 13.0. The van der Waals surface area contributed by atoms with Crippen molar-refractivity contribution in [1.82, 2.24) is 20.2 Å².